The van der Waals surface area contributed by atoms with E-state index in [4.69, 9.17) is 0 Å². The van der Waals surface area contributed by atoms with Gasteiger partial charge in [0.05, 0.1) is 10.5 Å². The third-order valence-corrected chi connectivity index (χ3v) is 4.51. The number of imide groups is 1. The Morgan fingerprint density at radius 1 is 1.38 bits per heavy atom. The molecule has 0 atom stereocenters. The van der Waals surface area contributed by atoms with Crippen molar-refractivity contribution in [3.63, 3.8) is 0 Å². The normalized spacial score (nSPS) is 18.0. The van der Waals surface area contributed by atoms with Gasteiger partial charge in [0.25, 0.3) is 17.1 Å². The monoisotopic (exact) mass is 377 g/mol. The van der Waals surface area contributed by atoms with Gasteiger partial charge in [-0.1, -0.05) is 15.9 Å². The second-order valence-electron chi connectivity index (χ2n) is 4.52. The number of rotatable bonds is 2. The number of phenolic OH excluding ortho intramolecular Hbond substituents is 1. The summed E-state index contributed by atoms with van der Waals surface area (Å²) in [5, 5.41) is 9.15. The number of hydrogen-bond acceptors (Lipinski definition) is 4. The minimum Gasteiger partial charge on any atom is -0.507 e. The van der Waals surface area contributed by atoms with Crippen LogP contribution in [0, 0.1) is 0 Å². The predicted octanol–water partition coefficient (Wildman–Crippen LogP) is 3.93. The Hall–Kier alpha value is -1.41. The number of amides is 2. The third kappa shape index (κ3) is 3.11. The van der Waals surface area contributed by atoms with Crippen molar-refractivity contribution in [1.29, 1.82) is 0 Å². The second-order valence-corrected chi connectivity index (χ2v) is 6.37. The molecule has 1 aliphatic rings. The van der Waals surface area contributed by atoms with Gasteiger partial charge in [0.1, 0.15) is 5.75 Å². The largest absolute Gasteiger partial charge is 0.507 e. The molecule has 112 valence electrons. The Bertz CT molecular complexity index is 670. The number of thioether (sulfide) groups is 1. The molecule has 1 aromatic carbocycles. The van der Waals surface area contributed by atoms with E-state index in [1.807, 2.05) is 0 Å². The minimum atomic E-state index is -3.22. The van der Waals surface area contributed by atoms with Crippen LogP contribution in [0.25, 0.3) is 6.08 Å². The van der Waals surface area contributed by atoms with Gasteiger partial charge in [0.15, 0.2) is 0 Å². The summed E-state index contributed by atoms with van der Waals surface area (Å²) in [4.78, 5) is 24.3. The summed E-state index contributed by atoms with van der Waals surface area (Å²) < 4.78 is 27.2. The highest BCUT2D eigenvalue weighted by Crippen LogP contribution is 2.39. The van der Waals surface area contributed by atoms with Crippen LogP contribution in [-0.2, 0) is 10.7 Å². The van der Waals surface area contributed by atoms with Gasteiger partial charge >= 0.3 is 0 Å². The lowest BCUT2D eigenvalue weighted by Crippen LogP contribution is -2.22. The molecule has 21 heavy (non-hydrogen) atoms. The number of carbonyl (C=O) groups is 2. The Morgan fingerprint density at radius 2 is 2.00 bits per heavy atom. The fraction of sp³-hybridized carbons (Fsp3) is 0.231. The van der Waals surface area contributed by atoms with Crippen molar-refractivity contribution in [2.24, 2.45) is 0 Å². The molecule has 0 radical (unpaired) electrons. The van der Waals surface area contributed by atoms with Gasteiger partial charge in [-0.15, -0.1) is 0 Å². The van der Waals surface area contributed by atoms with E-state index in [0.717, 1.165) is 28.8 Å². The molecular formula is C13H10BrF2NO3S. The fourth-order valence-corrected chi connectivity index (χ4v) is 2.99. The quantitative estimate of drug-likeness (QED) is 0.793. The summed E-state index contributed by atoms with van der Waals surface area (Å²) in [7, 11) is 1.34. The molecule has 0 aromatic heterocycles. The molecule has 0 aliphatic carbocycles. The van der Waals surface area contributed by atoms with Crippen molar-refractivity contribution in [3.05, 3.63) is 32.6 Å². The Labute approximate surface area is 131 Å². The summed E-state index contributed by atoms with van der Waals surface area (Å²) in [5.74, 6) is -4.26. The van der Waals surface area contributed by atoms with Crippen LogP contribution in [0.5, 0.6) is 5.75 Å². The molecule has 1 N–H and O–H groups in total. The molecule has 0 bridgehead atoms. The van der Waals surface area contributed by atoms with Gasteiger partial charge in [0, 0.05) is 18.4 Å². The number of alkyl halides is 2. The maximum Gasteiger partial charge on any atom is 0.293 e. The van der Waals surface area contributed by atoms with E-state index in [1.54, 1.807) is 0 Å². The maximum absolute atomic E-state index is 13.4. The molecule has 1 saturated heterocycles. The van der Waals surface area contributed by atoms with Gasteiger partial charge in [-0.3, -0.25) is 14.5 Å². The minimum absolute atomic E-state index is 0.138. The second kappa shape index (κ2) is 5.42. The number of hydrogen-bond donors (Lipinski definition) is 1. The Kier molecular flexibility index (Phi) is 4.12. The number of aromatic hydroxyl groups is 1. The van der Waals surface area contributed by atoms with Gasteiger partial charge in [0.2, 0.25) is 0 Å². The number of halogens is 3. The first kappa shape index (κ1) is 16.0. The van der Waals surface area contributed by atoms with E-state index >= 15 is 0 Å². The molecule has 1 aliphatic heterocycles. The lowest BCUT2D eigenvalue weighted by Gasteiger charge is -2.14. The zero-order valence-corrected chi connectivity index (χ0v) is 13.4. The van der Waals surface area contributed by atoms with Gasteiger partial charge in [-0.25, -0.2) is 8.78 Å². The zero-order valence-electron chi connectivity index (χ0n) is 11.0. The molecular weight excluding hydrogens is 368 g/mol. The highest BCUT2D eigenvalue weighted by Gasteiger charge is 2.33. The van der Waals surface area contributed by atoms with Gasteiger partial charge < -0.3 is 5.11 Å². The Balaban J connectivity index is 2.51. The van der Waals surface area contributed by atoms with Crippen LogP contribution < -0.4 is 0 Å². The molecule has 0 spiro atoms. The van der Waals surface area contributed by atoms with E-state index in [-0.39, 0.29) is 10.5 Å². The van der Waals surface area contributed by atoms with Crippen LogP contribution in [-0.4, -0.2) is 28.2 Å². The molecule has 4 nitrogen and oxygen atoms in total. The number of nitrogens with zero attached hydrogens (tertiary/aromatic N) is 1. The van der Waals surface area contributed by atoms with Crippen molar-refractivity contribution >= 4 is 44.9 Å². The zero-order chi connectivity index (χ0) is 15.9. The highest BCUT2D eigenvalue weighted by atomic mass is 79.9. The SMILES string of the molecule is CN1C(=O)S/C(=C\c2cc(C(C)(F)F)c(O)cc2Br)C1=O. The molecule has 1 heterocycles. The summed E-state index contributed by atoms with van der Waals surface area (Å²) >= 11 is 3.87. The van der Waals surface area contributed by atoms with Crippen molar-refractivity contribution in [3.8, 4) is 5.75 Å². The van der Waals surface area contributed by atoms with Crippen molar-refractivity contribution in [1.82, 2.24) is 4.90 Å². The lowest BCUT2D eigenvalue weighted by atomic mass is 10.0. The van der Waals surface area contributed by atoms with Crippen molar-refractivity contribution < 1.29 is 23.5 Å². The maximum atomic E-state index is 13.4. The van der Waals surface area contributed by atoms with E-state index in [2.05, 4.69) is 15.9 Å². The van der Waals surface area contributed by atoms with Gasteiger partial charge in [-0.05, 0) is 35.5 Å². The van der Waals surface area contributed by atoms with Crippen LogP contribution in [0.1, 0.15) is 18.1 Å². The standard InChI is InChI=1S/C13H10BrF2NO3S/c1-13(15,16)7-3-6(8(14)5-9(7)18)4-10-11(19)17(2)12(20)21-10/h3-5,18H,1-2H3/b10-4-. The summed E-state index contributed by atoms with van der Waals surface area (Å²) in [6.45, 7) is 0.666. The molecule has 0 saturated carbocycles. The smallest absolute Gasteiger partial charge is 0.293 e. The fourth-order valence-electron chi connectivity index (χ4n) is 1.73. The number of benzene rings is 1. The number of likely N-dealkylation sites (N-methyl/N-ethyl adjacent to an activating group) is 1. The van der Waals surface area contributed by atoms with Crippen LogP contribution in [0.2, 0.25) is 0 Å². The van der Waals surface area contributed by atoms with E-state index < -0.39 is 28.4 Å². The van der Waals surface area contributed by atoms with E-state index in [0.29, 0.717) is 11.4 Å². The molecule has 1 fully saturated rings. The van der Waals surface area contributed by atoms with Crippen LogP contribution in [0.15, 0.2) is 21.5 Å². The molecule has 0 unspecified atom stereocenters. The van der Waals surface area contributed by atoms with E-state index in [9.17, 15) is 23.5 Å². The topological polar surface area (TPSA) is 57.6 Å². The first-order valence-electron chi connectivity index (χ1n) is 5.73. The van der Waals surface area contributed by atoms with Crippen LogP contribution in [0.4, 0.5) is 13.6 Å². The Morgan fingerprint density at radius 3 is 2.48 bits per heavy atom. The molecule has 8 heteroatoms. The highest BCUT2D eigenvalue weighted by molar-refractivity contribution is 9.10. The number of carbonyl (C=O) groups excluding carboxylic acids is 2. The first-order chi connectivity index (χ1) is 9.61. The summed E-state index contributed by atoms with van der Waals surface area (Å²) in [6, 6.07) is 2.22. The first-order valence-corrected chi connectivity index (χ1v) is 7.34. The third-order valence-electron chi connectivity index (χ3n) is 2.86. The van der Waals surface area contributed by atoms with Crippen molar-refractivity contribution in [2.75, 3.05) is 7.05 Å². The molecule has 1 aromatic rings. The summed E-state index contributed by atoms with van der Waals surface area (Å²) in [6.07, 6.45) is 1.34. The van der Waals surface area contributed by atoms with Crippen LogP contribution in [0.3, 0.4) is 0 Å². The predicted molar refractivity (Wildman–Crippen MR) is 79.1 cm³/mol. The van der Waals surface area contributed by atoms with E-state index in [1.165, 1.54) is 13.1 Å². The van der Waals surface area contributed by atoms with Gasteiger partial charge in [-0.2, -0.15) is 0 Å². The number of phenols is 1. The average Bonchev–Trinajstić information content (AvgIpc) is 2.59. The van der Waals surface area contributed by atoms with Crippen molar-refractivity contribution in [2.45, 2.75) is 12.8 Å². The average molecular weight is 378 g/mol. The summed E-state index contributed by atoms with van der Waals surface area (Å²) in [5.41, 5.74) is -0.268. The lowest BCUT2D eigenvalue weighted by molar-refractivity contribution is -0.121. The molecule has 2 amide bonds. The van der Waals surface area contributed by atoms with Crippen LogP contribution >= 0.6 is 27.7 Å². The molecule has 2 rings (SSSR count).